The van der Waals surface area contributed by atoms with Crippen molar-refractivity contribution in [2.75, 3.05) is 51.8 Å². The second-order valence-electron chi connectivity index (χ2n) is 19.6. The number of aliphatic hydroxyl groups is 1. The first kappa shape index (κ1) is 53.5. The van der Waals surface area contributed by atoms with Crippen LogP contribution in [0.15, 0.2) is 103 Å². The summed E-state index contributed by atoms with van der Waals surface area (Å²) >= 11 is 7.88. The predicted octanol–water partition coefficient (Wildman–Crippen LogP) is 8.01. The van der Waals surface area contributed by atoms with Crippen LogP contribution < -0.4 is 15.4 Å². The van der Waals surface area contributed by atoms with E-state index in [0.29, 0.717) is 57.8 Å². The number of amides is 4. The number of phenolic OH excluding ortho intramolecular Hbond substituents is 2. The number of nitrogens with zero attached hydrogens (tertiary/aromatic N) is 4. The van der Waals surface area contributed by atoms with Crippen LogP contribution in [-0.4, -0.2) is 129 Å². The number of aliphatic hydroxyl groups excluding tert-OH is 1. The first-order valence-corrected chi connectivity index (χ1v) is 26.2. The van der Waals surface area contributed by atoms with Crippen LogP contribution in [0, 0.1) is 12.3 Å². The number of hydrogen-bond acceptors (Lipinski definition) is 11. The summed E-state index contributed by atoms with van der Waals surface area (Å²) in [7, 11) is 0. The number of halogens is 1. The lowest BCUT2D eigenvalue weighted by Gasteiger charge is -2.35. The molecular formula is C56H67ClN6O8S. The van der Waals surface area contributed by atoms with Crippen molar-refractivity contribution in [2.24, 2.45) is 5.41 Å². The molecule has 4 amide bonds. The molecule has 4 aromatic carbocycles. The van der Waals surface area contributed by atoms with Crippen molar-refractivity contribution < 1.29 is 39.2 Å². The zero-order valence-corrected chi connectivity index (χ0v) is 43.2. The number of piperazine rings is 1. The van der Waals surface area contributed by atoms with E-state index in [1.54, 1.807) is 35.6 Å². The molecule has 0 radical (unpaired) electrons. The van der Waals surface area contributed by atoms with Crippen LogP contribution in [0.1, 0.15) is 87.2 Å². The normalized spacial score (nSPS) is 17.0. The lowest BCUT2D eigenvalue weighted by Crippen LogP contribution is -2.57. The highest BCUT2D eigenvalue weighted by Gasteiger charge is 2.44. The fourth-order valence-corrected chi connectivity index (χ4v) is 10.3. The molecular weight excluding hydrogens is 952 g/mol. The van der Waals surface area contributed by atoms with Gasteiger partial charge in [0.1, 0.15) is 35.9 Å². The molecule has 5 N–H and O–H groups in total. The van der Waals surface area contributed by atoms with Gasteiger partial charge in [0.2, 0.25) is 23.6 Å². The number of aryl methyl sites for hydroxylation is 1. The van der Waals surface area contributed by atoms with E-state index < -0.39 is 29.5 Å². The quantitative estimate of drug-likeness (QED) is 0.0291. The fraction of sp³-hybridized carbons (Fsp3) is 0.411. The van der Waals surface area contributed by atoms with Crippen LogP contribution in [0.4, 0.5) is 0 Å². The van der Waals surface area contributed by atoms with Gasteiger partial charge in [0.25, 0.3) is 0 Å². The Hall–Kier alpha value is -6.26. The number of nitrogens with one attached hydrogen (secondary N) is 2. The molecule has 0 unspecified atom stereocenters. The van der Waals surface area contributed by atoms with E-state index in [9.17, 15) is 34.5 Å². The number of benzene rings is 4. The summed E-state index contributed by atoms with van der Waals surface area (Å²) in [6.07, 6.45) is 1.28. The Balaban J connectivity index is 0.825. The molecule has 3 heterocycles. The van der Waals surface area contributed by atoms with Crippen LogP contribution in [0.3, 0.4) is 0 Å². The lowest BCUT2D eigenvalue weighted by molar-refractivity contribution is -0.144. The van der Waals surface area contributed by atoms with Gasteiger partial charge < -0.3 is 40.5 Å². The minimum atomic E-state index is -0.927. The van der Waals surface area contributed by atoms with Crippen molar-refractivity contribution in [3.05, 3.63) is 131 Å². The van der Waals surface area contributed by atoms with Crippen molar-refractivity contribution in [3.63, 3.8) is 0 Å². The largest absolute Gasteiger partial charge is 0.508 e. The number of carbonyl (C=O) groups excluding carboxylic acids is 4. The number of hydrogen-bond donors (Lipinski definition) is 5. The third-order valence-electron chi connectivity index (χ3n) is 13.3. The molecule has 2 fully saturated rings. The van der Waals surface area contributed by atoms with Gasteiger partial charge in [0.05, 0.1) is 22.2 Å². The first-order valence-electron chi connectivity index (χ1n) is 24.7. The number of β-amino-alcohol motifs (C(OH)–C–C–N with tert-alkyl or cyclic N) is 1. The van der Waals surface area contributed by atoms with E-state index in [1.807, 2.05) is 111 Å². The van der Waals surface area contributed by atoms with E-state index >= 15 is 0 Å². The van der Waals surface area contributed by atoms with Crippen molar-refractivity contribution in [1.82, 2.24) is 30.3 Å². The Morgan fingerprint density at radius 3 is 2.03 bits per heavy atom. The van der Waals surface area contributed by atoms with Gasteiger partial charge >= 0.3 is 0 Å². The summed E-state index contributed by atoms with van der Waals surface area (Å²) in [4.78, 5) is 65.0. The fourth-order valence-electron chi connectivity index (χ4n) is 9.28. The molecule has 3 atom stereocenters. The molecule has 7 rings (SSSR count). The topological polar surface area (TPSA) is 185 Å². The number of allylic oxidation sites excluding steroid dienone is 1. The summed E-state index contributed by atoms with van der Waals surface area (Å²) < 4.78 is 6.16. The predicted molar refractivity (Wildman–Crippen MR) is 283 cm³/mol. The Bertz CT molecular complexity index is 2640. The van der Waals surface area contributed by atoms with Gasteiger partial charge in [-0.15, -0.1) is 22.9 Å². The van der Waals surface area contributed by atoms with E-state index in [0.717, 1.165) is 68.4 Å². The molecule has 0 saturated carbocycles. The zero-order chi connectivity index (χ0) is 51.4. The Morgan fingerprint density at radius 1 is 0.819 bits per heavy atom. The highest BCUT2D eigenvalue weighted by Crippen LogP contribution is 2.37. The van der Waals surface area contributed by atoms with Crippen molar-refractivity contribution in [2.45, 2.75) is 91.0 Å². The highest BCUT2D eigenvalue weighted by molar-refractivity contribution is 7.13. The average molecular weight is 1020 g/mol. The highest BCUT2D eigenvalue weighted by atomic mass is 35.5. The molecule has 2 aliphatic rings. The first-order chi connectivity index (χ1) is 34.6. The zero-order valence-electron chi connectivity index (χ0n) is 41.6. The number of alkyl halides is 1. The maximum absolute atomic E-state index is 14.1. The summed E-state index contributed by atoms with van der Waals surface area (Å²) in [5.41, 5.74) is 8.85. The minimum Gasteiger partial charge on any atom is -0.508 e. The number of phenols is 2. The van der Waals surface area contributed by atoms with Crippen molar-refractivity contribution in [1.29, 1.82) is 0 Å². The minimum absolute atomic E-state index is 0.00752. The third-order valence-corrected chi connectivity index (χ3v) is 14.5. The average Bonchev–Trinajstić information content (AvgIpc) is 3.99. The number of unbranched alkanes of at least 4 members (excludes halogenated alkanes) is 1. The van der Waals surface area contributed by atoms with Gasteiger partial charge in [-0.25, -0.2) is 4.98 Å². The van der Waals surface area contributed by atoms with Gasteiger partial charge in [-0.2, -0.15) is 0 Å². The van der Waals surface area contributed by atoms with Crippen LogP contribution in [0.25, 0.3) is 21.6 Å². The van der Waals surface area contributed by atoms with Gasteiger partial charge in [0.15, 0.2) is 0 Å². The maximum atomic E-state index is 14.1. The Morgan fingerprint density at radius 2 is 1.43 bits per heavy atom. The third kappa shape index (κ3) is 14.2. The smallest absolute Gasteiger partial charge is 0.246 e. The maximum Gasteiger partial charge on any atom is 0.246 e. The van der Waals surface area contributed by atoms with Gasteiger partial charge in [-0.1, -0.05) is 81.4 Å². The summed E-state index contributed by atoms with van der Waals surface area (Å²) in [5.74, 6) is 0.452. The molecule has 0 spiro atoms. The van der Waals surface area contributed by atoms with E-state index in [2.05, 4.69) is 20.5 Å². The van der Waals surface area contributed by atoms with Crippen LogP contribution >= 0.6 is 22.9 Å². The van der Waals surface area contributed by atoms with Gasteiger partial charge in [-0.05, 0) is 107 Å². The van der Waals surface area contributed by atoms with Crippen molar-refractivity contribution >= 4 is 57.7 Å². The lowest BCUT2D eigenvalue weighted by atomic mass is 9.85. The molecule has 14 nitrogen and oxygen atoms in total. The van der Waals surface area contributed by atoms with Gasteiger partial charge in [0, 0.05) is 71.0 Å². The van der Waals surface area contributed by atoms with Crippen molar-refractivity contribution in [3.8, 4) is 27.7 Å². The standard InChI is InChI=1S/C56H67ClN6O8S/c1-37-52(72-36-59-37)42-11-9-38(10-12-42)34-58-54(69)48-33-45(66)35-63(48)55(70)53(56(2,3)4)60-49(67)7-5-6-8-50(68)62-29-27-61(28-30-62)31-32-71-46-23-17-41(18-24-46)51(40-15-21-44(65)22-16-40)47(25-26-57)39-13-19-43(64)20-14-39/h9-24,36,45,48,53,64-66H,5-8,25-35H2,1-4H3,(H,58,69)(H,60,67)/t45-,48+,53-/m1/s1. The molecule has 382 valence electrons. The number of ether oxygens (including phenoxy) is 1. The molecule has 72 heavy (non-hydrogen) atoms. The number of likely N-dealkylation sites (tertiary alicyclic amines) is 1. The molecule has 0 aliphatic carbocycles. The van der Waals surface area contributed by atoms with Gasteiger partial charge in [-0.3, -0.25) is 24.1 Å². The SMILES string of the molecule is Cc1ncsc1-c1ccc(CNC(=O)[C@@H]2C[C@@H](O)CN2C(=O)[C@@H](NC(=O)CCCCC(=O)N2CCN(CCOc3ccc(C(=C(CCCl)c4ccc(O)cc4)c4ccc(O)cc4)cc3)CC2)C(C)(C)C)cc1. The summed E-state index contributed by atoms with van der Waals surface area (Å²) in [6.45, 7) is 11.6. The summed E-state index contributed by atoms with van der Waals surface area (Å²) in [6, 6.07) is 28.2. The monoisotopic (exact) mass is 1020 g/mol. The van der Waals surface area contributed by atoms with E-state index in [1.165, 1.54) is 4.90 Å². The number of aromatic hydroxyl groups is 2. The van der Waals surface area contributed by atoms with Crippen LogP contribution in [0.2, 0.25) is 0 Å². The number of rotatable bonds is 20. The number of thiazole rings is 1. The number of aromatic nitrogens is 1. The second-order valence-corrected chi connectivity index (χ2v) is 20.9. The van der Waals surface area contributed by atoms with Crippen LogP contribution in [0.5, 0.6) is 17.2 Å². The number of carbonyl (C=O) groups is 4. The Kier molecular flexibility index (Phi) is 18.5. The van der Waals surface area contributed by atoms with E-state index in [4.69, 9.17) is 16.3 Å². The molecule has 1 aromatic heterocycles. The van der Waals surface area contributed by atoms with E-state index in [-0.39, 0.29) is 55.2 Å². The molecule has 0 bridgehead atoms. The Labute approximate surface area is 431 Å². The molecule has 2 aliphatic heterocycles. The van der Waals surface area contributed by atoms with Crippen LogP contribution in [-0.2, 0) is 25.7 Å². The molecule has 16 heteroatoms. The second kappa shape index (κ2) is 24.9. The summed E-state index contributed by atoms with van der Waals surface area (Å²) in [5, 5.41) is 36.4. The molecule has 2 saturated heterocycles. The molecule has 5 aromatic rings.